The highest BCUT2D eigenvalue weighted by atomic mass is 19.1. The Bertz CT molecular complexity index is 353. The second-order valence-electron chi connectivity index (χ2n) is 3.05. The quantitative estimate of drug-likeness (QED) is 0.644. The average molecular weight is 180 g/mol. The summed E-state index contributed by atoms with van der Waals surface area (Å²) in [7, 11) is 0. The lowest BCUT2D eigenvalue weighted by Crippen LogP contribution is -2.20. The molecule has 1 amide bonds. The van der Waals surface area contributed by atoms with Crippen LogP contribution in [0.4, 0.5) is 4.39 Å². The van der Waals surface area contributed by atoms with Crippen LogP contribution in [0.5, 0.6) is 0 Å². The number of amides is 1. The van der Waals surface area contributed by atoms with E-state index in [1.807, 2.05) is 0 Å². The van der Waals surface area contributed by atoms with Crippen LogP contribution in [0, 0.1) is 5.82 Å². The molecule has 3 nitrogen and oxygen atoms in total. The molecule has 2 atom stereocenters. The number of hydrogen-bond donors (Lipinski definition) is 2. The second-order valence-corrected chi connectivity index (χ2v) is 3.05. The first-order valence-corrected chi connectivity index (χ1v) is 4.00. The lowest BCUT2D eigenvalue weighted by Gasteiger charge is -1.97. The zero-order valence-electron chi connectivity index (χ0n) is 6.83. The van der Waals surface area contributed by atoms with Crippen molar-refractivity contribution in [3.8, 4) is 0 Å². The van der Waals surface area contributed by atoms with E-state index in [1.54, 1.807) is 18.2 Å². The van der Waals surface area contributed by atoms with Gasteiger partial charge in [-0.25, -0.2) is 4.39 Å². The molecule has 13 heavy (non-hydrogen) atoms. The smallest absolute Gasteiger partial charge is 0.236 e. The van der Waals surface area contributed by atoms with E-state index in [2.05, 4.69) is 5.32 Å². The number of carbonyl (C=O) groups excluding carboxylic acids is 1. The maximum Gasteiger partial charge on any atom is 0.236 e. The zero-order valence-corrected chi connectivity index (χ0v) is 6.83. The molecule has 1 fully saturated rings. The maximum absolute atomic E-state index is 13.1. The lowest BCUT2D eigenvalue weighted by molar-refractivity contribution is -0.117. The van der Waals surface area contributed by atoms with Gasteiger partial charge in [0.1, 0.15) is 11.9 Å². The Morgan fingerprint density at radius 2 is 2.15 bits per heavy atom. The molecule has 0 spiro atoms. The summed E-state index contributed by atoms with van der Waals surface area (Å²) in [6, 6.07) is 5.72. The highest BCUT2D eigenvalue weighted by molar-refractivity contribution is 5.84. The van der Waals surface area contributed by atoms with Gasteiger partial charge in [0.15, 0.2) is 0 Å². The topological polar surface area (TPSA) is 65.0 Å². The molecule has 1 saturated heterocycles. The third-order valence-electron chi connectivity index (χ3n) is 2.13. The van der Waals surface area contributed by atoms with Crippen LogP contribution in [0.15, 0.2) is 24.3 Å². The standard InChI is InChI=1S/C9H9FN2O/c10-6-4-2-1-3-5(6)7-8(12-7)9(11)13/h1-4,7-8,12H,(H2,11,13)/t7-,8+/m0/s1. The summed E-state index contributed by atoms with van der Waals surface area (Å²) >= 11 is 0. The summed E-state index contributed by atoms with van der Waals surface area (Å²) in [5.41, 5.74) is 5.56. The van der Waals surface area contributed by atoms with Crippen molar-refractivity contribution < 1.29 is 9.18 Å². The van der Waals surface area contributed by atoms with Crippen molar-refractivity contribution in [3.05, 3.63) is 35.6 Å². The van der Waals surface area contributed by atoms with Gasteiger partial charge in [0.25, 0.3) is 0 Å². The molecule has 0 aromatic heterocycles. The fraction of sp³-hybridized carbons (Fsp3) is 0.222. The van der Waals surface area contributed by atoms with Gasteiger partial charge in [0, 0.05) is 5.56 Å². The highest BCUT2D eigenvalue weighted by Crippen LogP contribution is 2.30. The Morgan fingerprint density at radius 3 is 2.69 bits per heavy atom. The second kappa shape index (κ2) is 2.81. The maximum atomic E-state index is 13.1. The molecule has 0 bridgehead atoms. The fourth-order valence-corrected chi connectivity index (χ4v) is 1.38. The number of halogens is 1. The third kappa shape index (κ3) is 1.40. The van der Waals surface area contributed by atoms with Crippen molar-refractivity contribution >= 4 is 5.91 Å². The van der Waals surface area contributed by atoms with Gasteiger partial charge < -0.3 is 5.73 Å². The third-order valence-corrected chi connectivity index (χ3v) is 2.13. The van der Waals surface area contributed by atoms with Crippen molar-refractivity contribution in [1.29, 1.82) is 0 Å². The summed E-state index contributed by atoms with van der Waals surface area (Å²) in [5, 5.41) is 2.81. The van der Waals surface area contributed by atoms with Crippen LogP contribution < -0.4 is 11.1 Å². The first-order chi connectivity index (χ1) is 6.20. The van der Waals surface area contributed by atoms with E-state index in [1.165, 1.54) is 6.07 Å². The molecular formula is C9H9FN2O. The van der Waals surface area contributed by atoms with Crippen LogP contribution in [0.1, 0.15) is 11.6 Å². The van der Waals surface area contributed by atoms with Crippen LogP contribution in [-0.4, -0.2) is 11.9 Å². The molecule has 2 rings (SSSR count). The molecular weight excluding hydrogens is 171 g/mol. The molecule has 1 heterocycles. The van der Waals surface area contributed by atoms with E-state index in [0.29, 0.717) is 5.56 Å². The molecule has 1 aliphatic rings. The van der Waals surface area contributed by atoms with E-state index in [4.69, 9.17) is 5.73 Å². The summed E-state index contributed by atoms with van der Waals surface area (Å²) in [6.45, 7) is 0. The van der Waals surface area contributed by atoms with Crippen molar-refractivity contribution in [2.45, 2.75) is 12.1 Å². The molecule has 0 unspecified atom stereocenters. The highest BCUT2D eigenvalue weighted by Gasteiger charge is 2.43. The summed E-state index contributed by atoms with van der Waals surface area (Å²) in [6.07, 6.45) is 0. The van der Waals surface area contributed by atoms with Crippen LogP contribution in [-0.2, 0) is 4.79 Å². The van der Waals surface area contributed by atoms with Crippen LogP contribution in [0.25, 0.3) is 0 Å². The van der Waals surface area contributed by atoms with Gasteiger partial charge in [-0.05, 0) is 6.07 Å². The zero-order chi connectivity index (χ0) is 9.42. The van der Waals surface area contributed by atoms with Crippen LogP contribution in [0.3, 0.4) is 0 Å². The Balaban J connectivity index is 2.21. The number of hydrogen-bond acceptors (Lipinski definition) is 2. The lowest BCUT2D eigenvalue weighted by atomic mass is 10.1. The minimum Gasteiger partial charge on any atom is -0.368 e. The number of nitrogens with two attached hydrogens (primary N) is 1. The minimum absolute atomic E-state index is 0.237. The normalized spacial score (nSPS) is 25.6. The Kier molecular flexibility index (Phi) is 1.77. The largest absolute Gasteiger partial charge is 0.368 e. The molecule has 3 N–H and O–H groups in total. The van der Waals surface area contributed by atoms with Gasteiger partial charge in [0.2, 0.25) is 5.91 Å². The molecule has 4 heteroatoms. The van der Waals surface area contributed by atoms with Gasteiger partial charge in [-0.3, -0.25) is 10.1 Å². The summed E-state index contributed by atoms with van der Waals surface area (Å²) in [4.78, 5) is 10.7. The van der Waals surface area contributed by atoms with Crippen molar-refractivity contribution in [2.24, 2.45) is 5.73 Å². The number of primary amides is 1. The first-order valence-electron chi connectivity index (χ1n) is 4.00. The van der Waals surface area contributed by atoms with Crippen molar-refractivity contribution in [3.63, 3.8) is 0 Å². The van der Waals surface area contributed by atoms with Crippen molar-refractivity contribution in [1.82, 2.24) is 5.32 Å². The van der Waals surface area contributed by atoms with Crippen molar-refractivity contribution in [2.75, 3.05) is 0 Å². The van der Waals surface area contributed by atoms with Crippen LogP contribution >= 0.6 is 0 Å². The number of carbonyl (C=O) groups is 1. The van der Waals surface area contributed by atoms with E-state index in [9.17, 15) is 9.18 Å². The monoisotopic (exact) mass is 180 g/mol. The fourth-order valence-electron chi connectivity index (χ4n) is 1.38. The van der Waals surface area contributed by atoms with Gasteiger partial charge in [-0.1, -0.05) is 18.2 Å². The average Bonchev–Trinajstić information content (AvgIpc) is 2.84. The Morgan fingerprint density at radius 1 is 1.46 bits per heavy atom. The number of benzene rings is 1. The molecule has 1 aliphatic heterocycles. The SMILES string of the molecule is NC(=O)[C@@H]1N[C@H]1c1ccccc1F. The van der Waals surface area contributed by atoms with E-state index in [0.717, 1.165) is 0 Å². The number of rotatable bonds is 2. The molecule has 1 aromatic rings. The van der Waals surface area contributed by atoms with Gasteiger partial charge in [-0.15, -0.1) is 0 Å². The first kappa shape index (κ1) is 8.19. The molecule has 0 radical (unpaired) electrons. The Labute approximate surface area is 74.7 Å². The van der Waals surface area contributed by atoms with E-state index in [-0.39, 0.29) is 11.9 Å². The predicted molar refractivity (Wildman–Crippen MR) is 45.3 cm³/mol. The summed E-state index contributed by atoms with van der Waals surface area (Å²) < 4.78 is 13.1. The Hall–Kier alpha value is -1.42. The molecule has 0 aliphatic carbocycles. The van der Waals surface area contributed by atoms with Gasteiger partial charge in [0.05, 0.1) is 6.04 Å². The predicted octanol–water partition coefficient (Wildman–Crippen LogP) is 0.324. The minimum atomic E-state index is -0.437. The number of nitrogens with one attached hydrogen (secondary N) is 1. The molecule has 1 aromatic carbocycles. The van der Waals surface area contributed by atoms with Crippen LogP contribution in [0.2, 0.25) is 0 Å². The molecule has 0 saturated carbocycles. The summed E-state index contributed by atoms with van der Waals surface area (Å²) in [5.74, 6) is -0.739. The molecule has 68 valence electrons. The van der Waals surface area contributed by atoms with E-state index < -0.39 is 11.9 Å². The van der Waals surface area contributed by atoms with Gasteiger partial charge in [-0.2, -0.15) is 0 Å². The van der Waals surface area contributed by atoms with Gasteiger partial charge >= 0.3 is 0 Å². The van der Waals surface area contributed by atoms with E-state index >= 15 is 0 Å².